The van der Waals surface area contributed by atoms with E-state index < -0.39 is 17.3 Å². The number of ketones is 3. The van der Waals surface area contributed by atoms with E-state index in [-0.39, 0.29) is 5.57 Å². The number of benzene rings is 2. The predicted molar refractivity (Wildman–Crippen MR) is 85.3 cm³/mol. The second kappa shape index (κ2) is 6.96. The van der Waals surface area contributed by atoms with Crippen LogP contribution in [-0.4, -0.2) is 17.3 Å². The minimum atomic E-state index is -0.463. The van der Waals surface area contributed by atoms with Crippen molar-refractivity contribution in [3.63, 3.8) is 0 Å². The molecule has 0 aliphatic carbocycles. The molecule has 110 valence electrons. The van der Waals surface area contributed by atoms with E-state index in [0.717, 1.165) is 6.08 Å². The maximum absolute atomic E-state index is 12.3. The quantitative estimate of drug-likeness (QED) is 0.364. The highest BCUT2D eigenvalue weighted by atomic mass is 35.5. The fourth-order valence-corrected chi connectivity index (χ4v) is 2.03. The molecular weight excluding hydrogens is 300 g/mol. The van der Waals surface area contributed by atoms with Gasteiger partial charge in [0.05, 0.1) is 5.57 Å². The summed E-state index contributed by atoms with van der Waals surface area (Å²) in [6, 6.07) is 14.6. The van der Waals surface area contributed by atoms with Gasteiger partial charge >= 0.3 is 0 Å². The highest BCUT2D eigenvalue weighted by molar-refractivity contribution is 6.31. The van der Waals surface area contributed by atoms with E-state index in [9.17, 15) is 14.4 Å². The van der Waals surface area contributed by atoms with E-state index >= 15 is 0 Å². The van der Waals surface area contributed by atoms with Crippen LogP contribution >= 0.6 is 11.6 Å². The van der Waals surface area contributed by atoms with Gasteiger partial charge in [-0.1, -0.05) is 41.9 Å². The van der Waals surface area contributed by atoms with Crippen molar-refractivity contribution in [1.82, 2.24) is 0 Å². The zero-order chi connectivity index (χ0) is 16.1. The van der Waals surface area contributed by atoms with Crippen LogP contribution < -0.4 is 0 Å². The largest absolute Gasteiger partial charge is 0.294 e. The number of hydrogen-bond donors (Lipinski definition) is 0. The molecule has 2 aromatic carbocycles. The lowest BCUT2D eigenvalue weighted by atomic mass is 9.98. The lowest BCUT2D eigenvalue weighted by molar-refractivity contribution is -0.113. The molecule has 2 rings (SSSR count). The molecule has 0 N–H and O–H groups in total. The third kappa shape index (κ3) is 3.77. The summed E-state index contributed by atoms with van der Waals surface area (Å²) in [6.07, 6.45) is 1.08. The molecule has 0 amide bonds. The third-order valence-electron chi connectivity index (χ3n) is 3.06. The smallest absolute Gasteiger partial charge is 0.196 e. The summed E-state index contributed by atoms with van der Waals surface area (Å²) in [6.45, 7) is 1.27. The van der Waals surface area contributed by atoms with E-state index in [1.807, 2.05) is 0 Å². The second-order valence-corrected chi connectivity index (χ2v) is 5.12. The summed E-state index contributed by atoms with van der Waals surface area (Å²) >= 11 is 5.77. The van der Waals surface area contributed by atoms with Crippen molar-refractivity contribution in [2.75, 3.05) is 0 Å². The lowest BCUT2D eigenvalue weighted by Gasteiger charge is -2.03. The molecule has 4 heteroatoms. The van der Waals surface area contributed by atoms with Gasteiger partial charge in [-0.05, 0) is 31.2 Å². The Kier molecular flexibility index (Phi) is 5.02. The number of halogens is 1. The minimum Gasteiger partial charge on any atom is -0.294 e. The van der Waals surface area contributed by atoms with Gasteiger partial charge in [-0.25, -0.2) is 0 Å². The highest BCUT2D eigenvalue weighted by Crippen LogP contribution is 2.14. The Morgan fingerprint density at radius 3 is 2.00 bits per heavy atom. The standard InChI is InChI=1S/C18H13ClO3/c1-12(20)16(18(22)14-5-3-2-4-6-14)11-17(21)13-7-9-15(19)10-8-13/h2-11H,1H3/b16-11-. The van der Waals surface area contributed by atoms with Crippen LogP contribution in [-0.2, 0) is 4.79 Å². The number of rotatable bonds is 5. The van der Waals surface area contributed by atoms with E-state index in [1.54, 1.807) is 54.6 Å². The second-order valence-electron chi connectivity index (χ2n) is 4.68. The minimum absolute atomic E-state index is 0.133. The first-order chi connectivity index (χ1) is 10.5. The molecule has 0 aliphatic heterocycles. The molecule has 0 bridgehead atoms. The molecule has 0 aliphatic rings. The van der Waals surface area contributed by atoms with Crippen molar-refractivity contribution in [2.45, 2.75) is 6.92 Å². The molecular formula is C18H13ClO3. The molecule has 0 heterocycles. The first-order valence-corrected chi connectivity index (χ1v) is 6.99. The van der Waals surface area contributed by atoms with Crippen LogP contribution in [0.1, 0.15) is 27.6 Å². The van der Waals surface area contributed by atoms with Crippen molar-refractivity contribution in [1.29, 1.82) is 0 Å². The summed E-state index contributed by atoms with van der Waals surface area (Å²) < 4.78 is 0. The van der Waals surface area contributed by atoms with Crippen molar-refractivity contribution in [2.24, 2.45) is 0 Å². The first-order valence-electron chi connectivity index (χ1n) is 6.61. The van der Waals surface area contributed by atoms with Gasteiger partial charge in [0.1, 0.15) is 0 Å². The van der Waals surface area contributed by atoms with E-state index in [0.29, 0.717) is 16.1 Å². The Hall–Kier alpha value is -2.52. The fourth-order valence-electron chi connectivity index (χ4n) is 1.90. The average molecular weight is 313 g/mol. The van der Waals surface area contributed by atoms with Crippen molar-refractivity contribution < 1.29 is 14.4 Å². The Bertz CT molecular complexity index is 744. The summed E-state index contributed by atoms with van der Waals surface area (Å²) in [5.74, 6) is -1.32. The van der Waals surface area contributed by atoms with Gasteiger partial charge in [-0.3, -0.25) is 14.4 Å². The molecule has 0 aromatic heterocycles. The van der Waals surface area contributed by atoms with Gasteiger partial charge in [0, 0.05) is 22.2 Å². The first kappa shape index (κ1) is 15.9. The number of Topliss-reactive ketones (excluding diaryl/α,β-unsaturated/α-hetero) is 2. The SMILES string of the molecule is CC(=O)/C(=C/C(=O)c1ccc(Cl)cc1)C(=O)c1ccccc1. The number of carbonyl (C=O) groups excluding carboxylic acids is 3. The Morgan fingerprint density at radius 2 is 1.45 bits per heavy atom. The van der Waals surface area contributed by atoms with E-state index in [4.69, 9.17) is 11.6 Å². The van der Waals surface area contributed by atoms with Crippen molar-refractivity contribution >= 4 is 29.0 Å². The number of hydrogen-bond acceptors (Lipinski definition) is 3. The van der Waals surface area contributed by atoms with Crippen molar-refractivity contribution in [3.05, 3.63) is 82.4 Å². The van der Waals surface area contributed by atoms with Crippen LogP contribution in [0.25, 0.3) is 0 Å². The normalized spacial score (nSPS) is 11.1. The molecule has 22 heavy (non-hydrogen) atoms. The summed E-state index contributed by atoms with van der Waals surface area (Å²) in [7, 11) is 0. The van der Waals surface area contributed by atoms with Gasteiger partial charge in [-0.15, -0.1) is 0 Å². The zero-order valence-electron chi connectivity index (χ0n) is 11.9. The molecule has 0 fully saturated rings. The highest BCUT2D eigenvalue weighted by Gasteiger charge is 2.18. The van der Waals surface area contributed by atoms with Gasteiger partial charge in [0.2, 0.25) is 0 Å². The molecule has 3 nitrogen and oxygen atoms in total. The average Bonchev–Trinajstić information content (AvgIpc) is 2.53. The van der Waals surface area contributed by atoms with Crippen LogP contribution in [0, 0.1) is 0 Å². The zero-order valence-corrected chi connectivity index (χ0v) is 12.6. The van der Waals surface area contributed by atoms with Gasteiger partial charge in [-0.2, -0.15) is 0 Å². The monoisotopic (exact) mass is 312 g/mol. The lowest BCUT2D eigenvalue weighted by Crippen LogP contribution is -2.12. The third-order valence-corrected chi connectivity index (χ3v) is 3.32. The Morgan fingerprint density at radius 1 is 0.864 bits per heavy atom. The van der Waals surface area contributed by atoms with Gasteiger partial charge in [0.25, 0.3) is 0 Å². The maximum Gasteiger partial charge on any atom is 0.196 e. The van der Waals surface area contributed by atoms with Crippen LogP contribution in [0.2, 0.25) is 5.02 Å². The fraction of sp³-hybridized carbons (Fsp3) is 0.0556. The van der Waals surface area contributed by atoms with E-state index in [2.05, 4.69) is 0 Å². The number of carbonyl (C=O) groups is 3. The molecule has 0 unspecified atom stereocenters. The topological polar surface area (TPSA) is 51.2 Å². The van der Waals surface area contributed by atoms with E-state index in [1.165, 1.54) is 6.92 Å². The molecule has 2 aromatic rings. The van der Waals surface area contributed by atoms with Crippen LogP contribution in [0.15, 0.2) is 66.2 Å². The number of allylic oxidation sites excluding steroid dienone is 2. The molecule has 0 saturated carbocycles. The Balaban J connectivity index is 2.35. The van der Waals surface area contributed by atoms with Crippen molar-refractivity contribution in [3.8, 4) is 0 Å². The molecule has 0 spiro atoms. The van der Waals surface area contributed by atoms with Gasteiger partial charge in [0.15, 0.2) is 17.3 Å². The molecule has 0 radical (unpaired) electrons. The summed E-state index contributed by atoms with van der Waals surface area (Å²) in [4.78, 5) is 36.2. The molecule has 0 saturated heterocycles. The summed E-state index contributed by atoms with van der Waals surface area (Å²) in [5, 5.41) is 0.507. The summed E-state index contributed by atoms with van der Waals surface area (Å²) in [5.41, 5.74) is 0.600. The van der Waals surface area contributed by atoms with Crippen LogP contribution in [0.3, 0.4) is 0 Å². The van der Waals surface area contributed by atoms with Gasteiger partial charge < -0.3 is 0 Å². The maximum atomic E-state index is 12.3. The van der Waals surface area contributed by atoms with Crippen LogP contribution in [0.5, 0.6) is 0 Å². The Labute approximate surface area is 133 Å². The molecule has 0 atom stereocenters. The predicted octanol–water partition coefficient (Wildman–Crippen LogP) is 3.92. The van der Waals surface area contributed by atoms with Crippen LogP contribution in [0.4, 0.5) is 0 Å².